The number of carboxylic acids is 1. The van der Waals surface area contributed by atoms with Gasteiger partial charge in [-0.2, -0.15) is 5.10 Å². The molecule has 0 aliphatic carbocycles. The van der Waals surface area contributed by atoms with Crippen LogP contribution in [0.3, 0.4) is 0 Å². The molecule has 4 rings (SSSR count). The molecule has 30 heavy (non-hydrogen) atoms. The van der Waals surface area contributed by atoms with E-state index in [1.807, 2.05) is 53.3 Å². The first-order valence-electron chi connectivity index (χ1n) is 10.4. The molecule has 6 heteroatoms. The van der Waals surface area contributed by atoms with E-state index in [1.54, 1.807) is 6.20 Å². The van der Waals surface area contributed by atoms with Crippen molar-refractivity contribution in [1.29, 1.82) is 0 Å². The third-order valence-electron chi connectivity index (χ3n) is 5.34. The van der Waals surface area contributed by atoms with Crippen molar-refractivity contribution in [3.05, 3.63) is 77.6 Å². The first-order chi connectivity index (χ1) is 14.7. The van der Waals surface area contributed by atoms with Crippen LogP contribution in [-0.2, 0) is 24.2 Å². The van der Waals surface area contributed by atoms with Crippen molar-refractivity contribution < 1.29 is 19.4 Å². The van der Waals surface area contributed by atoms with E-state index in [2.05, 4.69) is 11.2 Å². The van der Waals surface area contributed by atoms with E-state index in [4.69, 9.17) is 14.6 Å². The minimum absolute atomic E-state index is 0.0807. The fourth-order valence-electron chi connectivity index (χ4n) is 3.74. The van der Waals surface area contributed by atoms with Gasteiger partial charge in [-0.1, -0.05) is 30.3 Å². The van der Waals surface area contributed by atoms with Crippen LogP contribution in [0.1, 0.15) is 36.0 Å². The number of aliphatic carboxylic acids is 1. The predicted octanol–water partition coefficient (Wildman–Crippen LogP) is 4.11. The number of nitrogens with zero attached hydrogens (tertiary/aromatic N) is 2. The Morgan fingerprint density at radius 1 is 1.23 bits per heavy atom. The Labute approximate surface area is 176 Å². The summed E-state index contributed by atoms with van der Waals surface area (Å²) in [4.78, 5) is 11.0. The Bertz CT molecular complexity index is 985. The van der Waals surface area contributed by atoms with Gasteiger partial charge in [-0.05, 0) is 54.2 Å². The molecular formula is C24H26N2O4. The van der Waals surface area contributed by atoms with Crippen LogP contribution in [0.15, 0.2) is 60.9 Å². The molecule has 6 nitrogen and oxygen atoms in total. The summed E-state index contributed by atoms with van der Waals surface area (Å²) in [6.45, 7) is 1.17. The number of benzene rings is 2. The summed E-state index contributed by atoms with van der Waals surface area (Å²) in [6, 6.07) is 16.0. The van der Waals surface area contributed by atoms with Crippen molar-refractivity contribution >= 4 is 5.97 Å². The molecule has 0 spiro atoms. The minimum atomic E-state index is -0.809. The fraction of sp³-hybridized carbons (Fsp3) is 0.333. The number of fused-ring (bicyclic) bond motifs is 1. The number of carboxylic acid groups (broad SMARTS) is 1. The number of rotatable bonds is 9. The van der Waals surface area contributed by atoms with E-state index in [-0.39, 0.29) is 12.5 Å². The van der Waals surface area contributed by atoms with Crippen LogP contribution >= 0.6 is 0 Å². The lowest BCUT2D eigenvalue weighted by Crippen LogP contribution is -2.24. The second-order valence-corrected chi connectivity index (χ2v) is 7.56. The maximum absolute atomic E-state index is 11.0. The van der Waals surface area contributed by atoms with E-state index in [9.17, 15) is 4.79 Å². The SMILES string of the molecule is O=C(O)CCc1ccc(Cn2cccn2)cc1OCCC1CCc2ccccc2O1. The van der Waals surface area contributed by atoms with Crippen LogP contribution in [-0.4, -0.2) is 33.6 Å². The van der Waals surface area contributed by atoms with Crippen molar-refractivity contribution in [2.75, 3.05) is 6.61 Å². The third kappa shape index (κ3) is 5.20. The Morgan fingerprint density at radius 2 is 2.13 bits per heavy atom. The van der Waals surface area contributed by atoms with Gasteiger partial charge < -0.3 is 14.6 Å². The van der Waals surface area contributed by atoms with Crippen molar-refractivity contribution in [2.24, 2.45) is 0 Å². The predicted molar refractivity (Wildman–Crippen MR) is 113 cm³/mol. The van der Waals surface area contributed by atoms with Gasteiger partial charge >= 0.3 is 5.97 Å². The van der Waals surface area contributed by atoms with E-state index < -0.39 is 5.97 Å². The summed E-state index contributed by atoms with van der Waals surface area (Å²) in [6.07, 6.45) is 7.11. The topological polar surface area (TPSA) is 73.6 Å². The van der Waals surface area contributed by atoms with E-state index in [1.165, 1.54) is 5.56 Å². The van der Waals surface area contributed by atoms with Gasteiger partial charge in [-0.3, -0.25) is 9.48 Å². The molecule has 0 saturated heterocycles. The normalized spacial score (nSPS) is 15.3. The van der Waals surface area contributed by atoms with Gasteiger partial charge in [-0.15, -0.1) is 0 Å². The zero-order chi connectivity index (χ0) is 20.8. The largest absolute Gasteiger partial charge is 0.493 e. The molecule has 0 saturated carbocycles. The number of carbonyl (C=O) groups is 1. The van der Waals surface area contributed by atoms with Crippen LogP contribution in [0, 0.1) is 0 Å². The van der Waals surface area contributed by atoms with Gasteiger partial charge in [0.2, 0.25) is 0 Å². The second-order valence-electron chi connectivity index (χ2n) is 7.56. The highest BCUT2D eigenvalue weighted by molar-refractivity contribution is 5.67. The third-order valence-corrected chi connectivity index (χ3v) is 5.34. The summed E-state index contributed by atoms with van der Waals surface area (Å²) < 4.78 is 14.1. The number of hydrogen-bond acceptors (Lipinski definition) is 4. The molecule has 1 aliphatic heterocycles. The molecule has 2 aromatic carbocycles. The molecule has 1 aromatic heterocycles. The summed E-state index contributed by atoms with van der Waals surface area (Å²) in [7, 11) is 0. The number of aryl methyl sites for hydroxylation is 2. The molecule has 3 aromatic rings. The highest BCUT2D eigenvalue weighted by Gasteiger charge is 2.19. The van der Waals surface area contributed by atoms with Gasteiger partial charge in [0, 0.05) is 25.2 Å². The lowest BCUT2D eigenvalue weighted by Gasteiger charge is -2.26. The number of aromatic nitrogens is 2. The molecule has 0 fully saturated rings. The van der Waals surface area contributed by atoms with Crippen molar-refractivity contribution in [1.82, 2.24) is 9.78 Å². The monoisotopic (exact) mass is 406 g/mol. The summed E-state index contributed by atoms with van der Waals surface area (Å²) in [5.41, 5.74) is 3.24. The molecular weight excluding hydrogens is 380 g/mol. The van der Waals surface area contributed by atoms with Gasteiger partial charge in [0.25, 0.3) is 0 Å². The summed E-state index contributed by atoms with van der Waals surface area (Å²) >= 11 is 0. The molecule has 2 heterocycles. The van der Waals surface area contributed by atoms with Gasteiger partial charge in [0.1, 0.15) is 17.6 Å². The van der Waals surface area contributed by atoms with Crippen molar-refractivity contribution in [3.63, 3.8) is 0 Å². The van der Waals surface area contributed by atoms with E-state index >= 15 is 0 Å². The molecule has 0 bridgehead atoms. The van der Waals surface area contributed by atoms with E-state index in [0.717, 1.165) is 41.9 Å². The zero-order valence-electron chi connectivity index (χ0n) is 16.9. The van der Waals surface area contributed by atoms with Crippen LogP contribution in [0.4, 0.5) is 0 Å². The number of hydrogen-bond donors (Lipinski definition) is 1. The molecule has 1 N–H and O–H groups in total. The Hall–Kier alpha value is -3.28. The Balaban J connectivity index is 1.39. The summed E-state index contributed by atoms with van der Waals surface area (Å²) in [5.74, 6) is 0.907. The van der Waals surface area contributed by atoms with Gasteiger partial charge in [0.05, 0.1) is 13.2 Å². The average molecular weight is 406 g/mol. The maximum atomic E-state index is 11.0. The minimum Gasteiger partial charge on any atom is -0.493 e. The van der Waals surface area contributed by atoms with Crippen LogP contribution in [0.25, 0.3) is 0 Å². The fourth-order valence-corrected chi connectivity index (χ4v) is 3.74. The zero-order valence-corrected chi connectivity index (χ0v) is 16.9. The lowest BCUT2D eigenvalue weighted by atomic mass is 10.0. The average Bonchev–Trinajstić information content (AvgIpc) is 3.26. The number of para-hydroxylation sites is 1. The molecule has 0 radical (unpaired) electrons. The van der Waals surface area contributed by atoms with Crippen LogP contribution in [0.2, 0.25) is 0 Å². The van der Waals surface area contributed by atoms with Gasteiger partial charge in [0.15, 0.2) is 0 Å². The van der Waals surface area contributed by atoms with Crippen LogP contribution < -0.4 is 9.47 Å². The summed E-state index contributed by atoms with van der Waals surface area (Å²) in [5, 5.41) is 13.3. The first kappa shape index (κ1) is 20.0. The van der Waals surface area contributed by atoms with Crippen LogP contribution in [0.5, 0.6) is 11.5 Å². The maximum Gasteiger partial charge on any atom is 0.303 e. The smallest absolute Gasteiger partial charge is 0.303 e. The Morgan fingerprint density at radius 3 is 2.97 bits per heavy atom. The van der Waals surface area contributed by atoms with Gasteiger partial charge in [-0.25, -0.2) is 0 Å². The second kappa shape index (κ2) is 9.48. The molecule has 1 aliphatic rings. The highest BCUT2D eigenvalue weighted by Crippen LogP contribution is 2.29. The highest BCUT2D eigenvalue weighted by atomic mass is 16.5. The Kier molecular flexibility index (Phi) is 6.32. The van der Waals surface area contributed by atoms with Crippen molar-refractivity contribution in [3.8, 4) is 11.5 Å². The standard InChI is InChI=1S/C24H26N2O4/c27-24(28)11-9-20-7-6-18(17-26-14-3-13-25-26)16-23(20)29-15-12-21-10-8-19-4-1-2-5-22(19)30-21/h1-7,13-14,16,21H,8-12,15,17H2,(H,27,28). The molecule has 1 atom stereocenters. The first-order valence-corrected chi connectivity index (χ1v) is 10.4. The quantitative estimate of drug-likeness (QED) is 0.579. The lowest BCUT2D eigenvalue weighted by molar-refractivity contribution is -0.136. The molecule has 1 unspecified atom stereocenters. The number of ether oxygens (including phenoxy) is 2. The molecule has 156 valence electrons. The van der Waals surface area contributed by atoms with E-state index in [0.29, 0.717) is 19.6 Å². The molecule has 0 amide bonds. The van der Waals surface area contributed by atoms with Crippen molar-refractivity contribution in [2.45, 2.75) is 44.8 Å².